The molecule has 0 amide bonds. The predicted octanol–water partition coefficient (Wildman–Crippen LogP) is 1.68. The molecule has 0 bridgehead atoms. The number of nitrogens with zero attached hydrogens (tertiary/aromatic N) is 3. The normalized spacial score (nSPS) is 17.9. The van der Waals surface area contributed by atoms with Crippen molar-refractivity contribution in [2.75, 3.05) is 13.1 Å². The molecular formula is C9H9BrN4S. The topological polar surface area (TPSA) is 52.0 Å². The summed E-state index contributed by atoms with van der Waals surface area (Å²) in [5.41, 5.74) is 0. The van der Waals surface area contributed by atoms with Crippen LogP contribution in [0.4, 0.5) is 0 Å². The summed E-state index contributed by atoms with van der Waals surface area (Å²) in [6, 6.07) is 2.04. The Morgan fingerprint density at radius 1 is 1.80 bits per heavy atom. The van der Waals surface area contributed by atoms with E-state index in [1.165, 1.54) is 4.88 Å². The number of nitrogens with one attached hydrogen (secondary N) is 1. The molecule has 0 unspecified atom stereocenters. The second kappa shape index (κ2) is 4.64. The molecule has 1 fully saturated rings. The van der Waals surface area contributed by atoms with Gasteiger partial charge in [-0.1, -0.05) is 0 Å². The number of halogens is 1. The molecule has 0 atom stereocenters. The van der Waals surface area contributed by atoms with Crippen molar-refractivity contribution in [3.8, 4) is 6.07 Å². The lowest BCUT2D eigenvalue weighted by Crippen LogP contribution is -2.18. The number of allylic oxidation sites excluding steroid dienone is 1. The Hall–Kier alpha value is -1.06. The lowest BCUT2D eigenvalue weighted by atomic mass is 10.4. The first-order valence-electron chi connectivity index (χ1n) is 4.48. The summed E-state index contributed by atoms with van der Waals surface area (Å²) in [6.45, 7) is 2.64. The first-order valence-corrected chi connectivity index (χ1v) is 6.09. The summed E-state index contributed by atoms with van der Waals surface area (Å²) in [5.74, 6) is 0.905. The van der Waals surface area contributed by atoms with Gasteiger partial charge in [-0.3, -0.25) is 0 Å². The molecule has 0 saturated carbocycles. The van der Waals surface area contributed by atoms with E-state index in [0.29, 0.717) is 0 Å². The highest BCUT2D eigenvalue weighted by Gasteiger charge is 2.16. The number of nitriles is 1. The van der Waals surface area contributed by atoms with Crippen molar-refractivity contribution in [2.45, 2.75) is 6.54 Å². The highest BCUT2D eigenvalue weighted by atomic mass is 79.9. The molecule has 1 aliphatic heterocycles. The fraction of sp³-hybridized carbons (Fsp3) is 0.333. The van der Waals surface area contributed by atoms with E-state index in [2.05, 4.69) is 31.1 Å². The summed E-state index contributed by atoms with van der Waals surface area (Å²) in [5, 5.41) is 11.8. The Labute approximate surface area is 100 Å². The van der Waals surface area contributed by atoms with Gasteiger partial charge in [-0.2, -0.15) is 5.26 Å². The molecule has 2 heterocycles. The molecule has 0 aliphatic carbocycles. The fourth-order valence-corrected chi connectivity index (χ4v) is 2.84. The predicted molar refractivity (Wildman–Crippen MR) is 61.9 cm³/mol. The minimum Gasteiger partial charge on any atom is -0.369 e. The molecule has 1 aromatic heterocycles. The van der Waals surface area contributed by atoms with Gasteiger partial charge < -0.3 is 10.2 Å². The van der Waals surface area contributed by atoms with Crippen LogP contribution in [0.15, 0.2) is 22.0 Å². The SMILES string of the molecule is N#CC=C1NCCN1Cc1cnc(Br)s1. The van der Waals surface area contributed by atoms with Crippen LogP contribution in [-0.2, 0) is 6.54 Å². The lowest BCUT2D eigenvalue weighted by molar-refractivity contribution is 0.392. The van der Waals surface area contributed by atoms with E-state index in [0.717, 1.165) is 29.4 Å². The van der Waals surface area contributed by atoms with Gasteiger partial charge in [0.15, 0.2) is 3.92 Å². The second-order valence-electron chi connectivity index (χ2n) is 3.09. The van der Waals surface area contributed by atoms with E-state index in [9.17, 15) is 0 Å². The smallest absolute Gasteiger partial charge is 0.159 e. The minimum atomic E-state index is 0.809. The maximum atomic E-state index is 8.60. The average Bonchev–Trinajstić information content (AvgIpc) is 2.78. The number of hydrogen-bond acceptors (Lipinski definition) is 5. The molecule has 15 heavy (non-hydrogen) atoms. The van der Waals surface area contributed by atoms with Crippen LogP contribution in [-0.4, -0.2) is 23.0 Å². The molecule has 6 heteroatoms. The minimum absolute atomic E-state index is 0.809. The second-order valence-corrected chi connectivity index (χ2v) is 5.48. The summed E-state index contributed by atoms with van der Waals surface area (Å²) in [6.07, 6.45) is 3.40. The van der Waals surface area contributed by atoms with Crippen LogP contribution in [0.2, 0.25) is 0 Å². The third-order valence-corrected chi connectivity index (χ3v) is 3.56. The van der Waals surface area contributed by atoms with Gasteiger partial charge in [-0.15, -0.1) is 11.3 Å². The third-order valence-electron chi connectivity index (χ3n) is 2.10. The molecule has 4 nitrogen and oxygen atoms in total. The third kappa shape index (κ3) is 2.49. The molecule has 0 radical (unpaired) electrons. The molecule has 0 aromatic carbocycles. The van der Waals surface area contributed by atoms with Gasteiger partial charge in [0, 0.05) is 24.2 Å². The lowest BCUT2D eigenvalue weighted by Gasteiger charge is -2.16. The van der Waals surface area contributed by atoms with E-state index < -0.39 is 0 Å². The van der Waals surface area contributed by atoms with Crippen LogP contribution in [0.1, 0.15) is 4.88 Å². The summed E-state index contributed by atoms with van der Waals surface area (Å²) in [7, 11) is 0. The van der Waals surface area contributed by atoms with Crippen LogP contribution in [0.3, 0.4) is 0 Å². The van der Waals surface area contributed by atoms with Crippen molar-refractivity contribution in [2.24, 2.45) is 0 Å². The van der Waals surface area contributed by atoms with Crippen LogP contribution in [0.25, 0.3) is 0 Å². The molecule has 0 spiro atoms. The Balaban J connectivity index is 2.06. The molecule has 1 N–H and O–H groups in total. The largest absolute Gasteiger partial charge is 0.369 e. The van der Waals surface area contributed by atoms with Crippen LogP contribution in [0.5, 0.6) is 0 Å². The number of rotatable bonds is 2. The maximum absolute atomic E-state index is 8.60. The molecule has 1 aliphatic rings. The van der Waals surface area contributed by atoms with Gasteiger partial charge in [0.2, 0.25) is 0 Å². The van der Waals surface area contributed by atoms with Crippen molar-refractivity contribution in [1.29, 1.82) is 5.26 Å². The van der Waals surface area contributed by atoms with E-state index in [4.69, 9.17) is 5.26 Å². The molecule has 1 aromatic rings. The Bertz CT molecular complexity index is 420. The summed E-state index contributed by atoms with van der Waals surface area (Å²) < 4.78 is 0.899. The number of hydrogen-bond donors (Lipinski definition) is 1. The van der Waals surface area contributed by atoms with Crippen molar-refractivity contribution < 1.29 is 0 Å². The summed E-state index contributed by atoms with van der Waals surface area (Å²) in [4.78, 5) is 7.46. The highest BCUT2D eigenvalue weighted by Crippen LogP contribution is 2.21. The van der Waals surface area contributed by atoms with Gasteiger partial charge in [0.05, 0.1) is 18.7 Å². The highest BCUT2D eigenvalue weighted by molar-refractivity contribution is 9.11. The van der Waals surface area contributed by atoms with E-state index in [1.54, 1.807) is 17.4 Å². The number of aromatic nitrogens is 1. The van der Waals surface area contributed by atoms with Crippen LogP contribution >= 0.6 is 27.3 Å². The molecular weight excluding hydrogens is 276 g/mol. The Morgan fingerprint density at radius 2 is 2.67 bits per heavy atom. The Morgan fingerprint density at radius 3 is 3.33 bits per heavy atom. The van der Waals surface area contributed by atoms with E-state index in [-0.39, 0.29) is 0 Å². The molecule has 78 valence electrons. The quantitative estimate of drug-likeness (QED) is 0.840. The summed E-state index contributed by atoms with van der Waals surface area (Å²) >= 11 is 4.95. The van der Waals surface area contributed by atoms with Gasteiger partial charge in [0.25, 0.3) is 0 Å². The van der Waals surface area contributed by atoms with Gasteiger partial charge in [0.1, 0.15) is 5.82 Å². The standard InChI is InChI=1S/C9H9BrN4S/c10-9-13-5-7(15-9)6-14-4-3-12-8(14)1-2-11/h1,5,12H,3-4,6H2. The fourth-order valence-electron chi connectivity index (χ4n) is 1.46. The van der Waals surface area contributed by atoms with Crippen LogP contribution in [0, 0.1) is 11.3 Å². The first kappa shape index (κ1) is 10.5. The maximum Gasteiger partial charge on any atom is 0.159 e. The van der Waals surface area contributed by atoms with Gasteiger partial charge in [-0.05, 0) is 15.9 Å². The van der Waals surface area contributed by atoms with Crippen LogP contribution < -0.4 is 5.32 Å². The van der Waals surface area contributed by atoms with Crippen molar-refractivity contribution in [1.82, 2.24) is 15.2 Å². The zero-order valence-corrected chi connectivity index (χ0v) is 10.3. The Kier molecular flexibility index (Phi) is 3.23. The zero-order valence-electron chi connectivity index (χ0n) is 7.90. The molecule has 2 rings (SSSR count). The zero-order chi connectivity index (χ0) is 10.7. The van der Waals surface area contributed by atoms with E-state index in [1.807, 2.05) is 12.3 Å². The monoisotopic (exact) mass is 284 g/mol. The van der Waals surface area contributed by atoms with Crippen molar-refractivity contribution >= 4 is 27.3 Å². The van der Waals surface area contributed by atoms with Crippen molar-refractivity contribution in [3.05, 3.63) is 26.9 Å². The van der Waals surface area contributed by atoms with Gasteiger partial charge >= 0.3 is 0 Å². The average molecular weight is 285 g/mol. The van der Waals surface area contributed by atoms with Crippen molar-refractivity contribution in [3.63, 3.8) is 0 Å². The number of thiazole rings is 1. The van der Waals surface area contributed by atoms with Gasteiger partial charge in [-0.25, -0.2) is 4.98 Å². The molecule has 1 saturated heterocycles. The van der Waals surface area contributed by atoms with E-state index >= 15 is 0 Å². The first-order chi connectivity index (χ1) is 7.29.